The predicted octanol–water partition coefficient (Wildman–Crippen LogP) is 5.59. The second-order valence-electron chi connectivity index (χ2n) is 7.94. The smallest absolute Gasteiger partial charge is 0.341 e. The van der Waals surface area contributed by atoms with Gasteiger partial charge in [0.15, 0.2) is 0 Å². The number of thiophene rings is 1. The number of hydrogen-bond donors (Lipinski definition) is 1. The molecule has 0 aliphatic heterocycles. The Morgan fingerprint density at radius 3 is 2.59 bits per heavy atom. The monoisotopic (exact) mass is 405 g/mol. The predicted molar refractivity (Wildman–Crippen MR) is 110 cm³/mol. The third-order valence-electron chi connectivity index (χ3n) is 5.23. The van der Waals surface area contributed by atoms with Crippen LogP contribution in [0.25, 0.3) is 0 Å². The zero-order valence-corrected chi connectivity index (χ0v) is 17.6. The SMILES string of the molecule is COC(=O)c1c(NC(=O)c2ccccc2Cl)sc2c1CC[C@@H](C(C)(C)C)C2. The van der Waals surface area contributed by atoms with E-state index in [9.17, 15) is 9.59 Å². The number of halogens is 1. The zero-order chi connectivity index (χ0) is 19.8. The number of ether oxygens (including phenoxy) is 1. The fourth-order valence-electron chi connectivity index (χ4n) is 3.55. The van der Waals surface area contributed by atoms with Gasteiger partial charge in [0, 0.05) is 4.88 Å². The van der Waals surface area contributed by atoms with Gasteiger partial charge >= 0.3 is 5.97 Å². The van der Waals surface area contributed by atoms with Gasteiger partial charge in [0.1, 0.15) is 5.00 Å². The second-order valence-corrected chi connectivity index (χ2v) is 9.45. The molecule has 1 aromatic carbocycles. The molecule has 4 nitrogen and oxygen atoms in total. The molecule has 3 rings (SSSR count). The summed E-state index contributed by atoms with van der Waals surface area (Å²) in [6, 6.07) is 6.87. The molecular formula is C21H24ClNO3S. The molecule has 0 saturated heterocycles. The van der Waals surface area contributed by atoms with E-state index < -0.39 is 5.97 Å². The zero-order valence-electron chi connectivity index (χ0n) is 16.0. The first-order valence-corrected chi connectivity index (χ1v) is 10.2. The highest BCUT2D eigenvalue weighted by atomic mass is 35.5. The van der Waals surface area contributed by atoms with Crippen LogP contribution in [-0.4, -0.2) is 19.0 Å². The Morgan fingerprint density at radius 2 is 1.96 bits per heavy atom. The van der Waals surface area contributed by atoms with E-state index in [1.807, 2.05) is 0 Å². The van der Waals surface area contributed by atoms with Crippen LogP contribution in [0.5, 0.6) is 0 Å². The van der Waals surface area contributed by atoms with Crippen LogP contribution in [0, 0.1) is 11.3 Å². The van der Waals surface area contributed by atoms with Crippen molar-refractivity contribution in [2.75, 3.05) is 12.4 Å². The molecule has 144 valence electrons. The van der Waals surface area contributed by atoms with E-state index in [1.54, 1.807) is 24.3 Å². The van der Waals surface area contributed by atoms with Gasteiger partial charge in [0.05, 0.1) is 23.3 Å². The second kappa shape index (κ2) is 7.64. The minimum absolute atomic E-state index is 0.202. The standard InChI is InChI=1S/C21H24ClNO3S/c1-21(2,3)12-9-10-14-16(11-12)27-19(17(14)20(25)26-4)23-18(24)13-7-5-6-8-15(13)22/h5-8,12H,9-11H2,1-4H3,(H,23,24)/t12-/m1/s1. The molecule has 1 aliphatic rings. The summed E-state index contributed by atoms with van der Waals surface area (Å²) >= 11 is 7.61. The van der Waals surface area contributed by atoms with E-state index in [0.29, 0.717) is 27.1 Å². The molecule has 0 unspecified atom stereocenters. The molecule has 0 saturated carbocycles. The molecule has 1 amide bonds. The van der Waals surface area contributed by atoms with Crippen molar-refractivity contribution in [2.45, 2.75) is 40.0 Å². The summed E-state index contributed by atoms with van der Waals surface area (Å²) in [5.74, 6) is -0.186. The summed E-state index contributed by atoms with van der Waals surface area (Å²) in [5, 5.41) is 3.81. The third-order valence-corrected chi connectivity index (χ3v) is 6.72. The van der Waals surface area contributed by atoms with E-state index in [-0.39, 0.29) is 11.3 Å². The van der Waals surface area contributed by atoms with Crippen LogP contribution in [0.4, 0.5) is 5.00 Å². The van der Waals surface area contributed by atoms with Crippen molar-refractivity contribution >= 4 is 39.8 Å². The molecule has 1 heterocycles. The van der Waals surface area contributed by atoms with Crippen molar-refractivity contribution in [3.63, 3.8) is 0 Å². The lowest BCUT2D eigenvalue weighted by Crippen LogP contribution is -2.26. The molecule has 2 aromatic rings. The van der Waals surface area contributed by atoms with Gasteiger partial charge in [-0.25, -0.2) is 4.79 Å². The first-order chi connectivity index (χ1) is 12.7. The van der Waals surface area contributed by atoms with Crippen LogP contribution >= 0.6 is 22.9 Å². The highest BCUT2D eigenvalue weighted by molar-refractivity contribution is 7.17. The van der Waals surface area contributed by atoms with Crippen LogP contribution in [0.2, 0.25) is 5.02 Å². The summed E-state index contributed by atoms with van der Waals surface area (Å²) in [6.07, 6.45) is 2.75. The Hall–Kier alpha value is -1.85. The molecule has 27 heavy (non-hydrogen) atoms. The van der Waals surface area contributed by atoms with Gasteiger partial charge in [-0.2, -0.15) is 0 Å². The number of nitrogens with one attached hydrogen (secondary N) is 1. The summed E-state index contributed by atoms with van der Waals surface area (Å²) in [5.41, 5.74) is 2.09. The maximum absolute atomic E-state index is 12.7. The number of fused-ring (bicyclic) bond motifs is 1. The first kappa shape index (κ1) is 19.9. The molecule has 0 spiro atoms. The van der Waals surface area contributed by atoms with Gasteiger partial charge in [-0.1, -0.05) is 44.5 Å². The van der Waals surface area contributed by atoms with Gasteiger partial charge in [0.2, 0.25) is 0 Å². The number of anilines is 1. The lowest BCUT2D eigenvalue weighted by molar-refractivity contribution is 0.0600. The Labute approximate surface area is 168 Å². The first-order valence-electron chi connectivity index (χ1n) is 9.01. The topological polar surface area (TPSA) is 55.4 Å². The van der Waals surface area contributed by atoms with Gasteiger partial charge in [-0.05, 0) is 48.3 Å². The number of carbonyl (C=O) groups is 2. The van der Waals surface area contributed by atoms with Gasteiger partial charge in [0.25, 0.3) is 5.91 Å². The van der Waals surface area contributed by atoms with E-state index in [2.05, 4.69) is 26.1 Å². The van der Waals surface area contributed by atoms with Gasteiger partial charge in [-0.3, -0.25) is 4.79 Å². The Kier molecular flexibility index (Phi) is 5.63. The third kappa shape index (κ3) is 4.04. The molecule has 6 heteroatoms. The van der Waals surface area contributed by atoms with Crippen LogP contribution in [0.1, 0.15) is 58.3 Å². The number of amides is 1. The summed E-state index contributed by atoms with van der Waals surface area (Å²) in [4.78, 5) is 26.3. The van der Waals surface area contributed by atoms with E-state index in [1.165, 1.54) is 18.4 Å². The van der Waals surface area contributed by atoms with Crippen molar-refractivity contribution in [1.82, 2.24) is 0 Å². The Balaban J connectivity index is 1.96. The average Bonchev–Trinajstić information content (AvgIpc) is 2.97. The highest BCUT2D eigenvalue weighted by Crippen LogP contribution is 2.44. The van der Waals surface area contributed by atoms with Crippen LogP contribution in [-0.2, 0) is 17.6 Å². The average molecular weight is 406 g/mol. The summed E-state index contributed by atoms with van der Waals surface area (Å²) < 4.78 is 5.00. The summed E-state index contributed by atoms with van der Waals surface area (Å²) in [6.45, 7) is 6.74. The number of esters is 1. The van der Waals surface area contributed by atoms with Crippen molar-refractivity contribution < 1.29 is 14.3 Å². The van der Waals surface area contributed by atoms with Gasteiger partial charge < -0.3 is 10.1 Å². The van der Waals surface area contributed by atoms with Crippen molar-refractivity contribution in [3.8, 4) is 0 Å². The normalized spacial score (nSPS) is 16.6. The lowest BCUT2D eigenvalue weighted by atomic mass is 9.72. The number of carbonyl (C=O) groups excluding carboxylic acids is 2. The molecular weight excluding hydrogens is 382 g/mol. The number of rotatable bonds is 3. The maximum atomic E-state index is 12.7. The van der Waals surface area contributed by atoms with Crippen LogP contribution in [0.3, 0.4) is 0 Å². The van der Waals surface area contributed by atoms with E-state index in [0.717, 1.165) is 29.7 Å². The molecule has 1 atom stereocenters. The van der Waals surface area contributed by atoms with Crippen molar-refractivity contribution in [2.24, 2.45) is 11.3 Å². The molecule has 1 N–H and O–H groups in total. The van der Waals surface area contributed by atoms with E-state index >= 15 is 0 Å². The van der Waals surface area contributed by atoms with Gasteiger partial charge in [-0.15, -0.1) is 11.3 Å². The quantitative estimate of drug-likeness (QED) is 0.677. The maximum Gasteiger partial charge on any atom is 0.341 e. The number of hydrogen-bond acceptors (Lipinski definition) is 4. The van der Waals surface area contributed by atoms with Crippen LogP contribution < -0.4 is 5.32 Å². The van der Waals surface area contributed by atoms with Crippen molar-refractivity contribution in [3.05, 3.63) is 50.9 Å². The Morgan fingerprint density at radius 1 is 1.26 bits per heavy atom. The molecule has 1 aliphatic carbocycles. The van der Waals surface area contributed by atoms with Crippen LogP contribution in [0.15, 0.2) is 24.3 Å². The largest absolute Gasteiger partial charge is 0.465 e. The highest BCUT2D eigenvalue weighted by Gasteiger charge is 2.34. The molecule has 0 fully saturated rings. The number of benzene rings is 1. The molecule has 1 aromatic heterocycles. The number of methoxy groups -OCH3 is 1. The minimum atomic E-state index is -0.406. The van der Waals surface area contributed by atoms with Crippen molar-refractivity contribution in [1.29, 1.82) is 0 Å². The molecule has 0 bridgehead atoms. The Bertz CT molecular complexity index is 882. The summed E-state index contributed by atoms with van der Waals surface area (Å²) in [7, 11) is 1.37. The lowest BCUT2D eigenvalue weighted by Gasteiger charge is -2.33. The fraction of sp³-hybridized carbons (Fsp3) is 0.429. The fourth-order valence-corrected chi connectivity index (χ4v) is 5.08. The van der Waals surface area contributed by atoms with E-state index in [4.69, 9.17) is 16.3 Å². The minimum Gasteiger partial charge on any atom is -0.465 e. The molecule has 0 radical (unpaired) electrons.